The van der Waals surface area contributed by atoms with Gasteiger partial charge in [-0.1, -0.05) is 0 Å². The van der Waals surface area contributed by atoms with Gasteiger partial charge in [0.15, 0.2) is 0 Å². The molecule has 21 heavy (non-hydrogen) atoms. The number of hydrogen-bond donors (Lipinski definition) is 1. The summed E-state index contributed by atoms with van der Waals surface area (Å²) in [5.74, 6) is -0.219. The summed E-state index contributed by atoms with van der Waals surface area (Å²) in [7, 11) is 1.31. The standard InChI is InChI=1S/C14H18N2O5/c1-20-14(19)10-6-12(8-15-7-10)21-11-2-4-16(5-3-11)13(18)9-17/h6-8,11,17H,2-5,9H2,1H3. The van der Waals surface area contributed by atoms with Gasteiger partial charge in [0.05, 0.1) is 18.9 Å². The summed E-state index contributed by atoms with van der Waals surface area (Å²) in [6.45, 7) is 0.638. The van der Waals surface area contributed by atoms with Crippen LogP contribution in [0.25, 0.3) is 0 Å². The van der Waals surface area contributed by atoms with Gasteiger partial charge < -0.3 is 19.5 Å². The van der Waals surface area contributed by atoms with Gasteiger partial charge in [-0.15, -0.1) is 0 Å². The van der Waals surface area contributed by atoms with Crippen molar-refractivity contribution in [2.24, 2.45) is 0 Å². The Labute approximate surface area is 122 Å². The second-order valence-corrected chi connectivity index (χ2v) is 4.76. The van der Waals surface area contributed by atoms with Crippen molar-refractivity contribution in [3.05, 3.63) is 24.0 Å². The molecule has 0 aromatic carbocycles. The molecule has 1 amide bonds. The van der Waals surface area contributed by atoms with Crippen LogP contribution in [0, 0.1) is 0 Å². The first kappa shape index (κ1) is 15.2. The molecule has 7 heteroatoms. The third kappa shape index (κ3) is 3.91. The Morgan fingerprint density at radius 2 is 2.10 bits per heavy atom. The van der Waals surface area contributed by atoms with Crippen molar-refractivity contribution in [1.29, 1.82) is 0 Å². The number of piperidine rings is 1. The Morgan fingerprint density at radius 3 is 2.71 bits per heavy atom. The van der Waals surface area contributed by atoms with Crippen molar-refractivity contribution in [1.82, 2.24) is 9.88 Å². The van der Waals surface area contributed by atoms with Crippen molar-refractivity contribution < 1.29 is 24.2 Å². The highest BCUT2D eigenvalue weighted by molar-refractivity contribution is 5.89. The summed E-state index contributed by atoms with van der Waals surface area (Å²) in [4.78, 5) is 28.3. The summed E-state index contributed by atoms with van der Waals surface area (Å²) in [6, 6.07) is 1.59. The normalized spacial score (nSPS) is 15.6. The number of aromatic nitrogens is 1. The minimum Gasteiger partial charge on any atom is -0.489 e. The van der Waals surface area contributed by atoms with Gasteiger partial charge in [0.1, 0.15) is 18.5 Å². The highest BCUT2D eigenvalue weighted by Gasteiger charge is 2.23. The lowest BCUT2D eigenvalue weighted by atomic mass is 10.1. The molecule has 0 aliphatic carbocycles. The van der Waals surface area contributed by atoms with Crippen molar-refractivity contribution >= 4 is 11.9 Å². The lowest BCUT2D eigenvalue weighted by Gasteiger charge is -2.31. The maximum Gasteiger partial charge on any atom is 0.339 e. The van der Waals surface area contributed by atoms with E-state index in [1.807, 2.05) is 0 Å². The van der Waals surface area contributed by atoms with Gasteiger partial charge in [-0.05, 0) is 6.07 Å². The monoisotopic (exact) mass is 294 g/mol. The molecule has 0 unspecified atom stereocenters. The number of likely N-dealkylation sites (tertiary alicyclic amines) is 1. The second-order valence-electron chi connectivity index (χ2n) is 4.76. The summed E-state index contributed by atoms with van der Waals surface area (Å²) in [5.41, 5.74) is 0.336. The summed E-state index contributed by atoms with van der Waals surface area (Å²) < 4.78 is 10.4. The van der Waals surface area contributed by atoms with Gasteiger partial charge in [0.2, 0.25) is 5.91 Å². The average Bonchev–Trinajstić information content (AvgIpc) is 2.54. The van der Waals surface area contributed by atoms with E-state index in [0.717, 1.165) is 0 Å². The van der Waals surface area contributed by atoms with Gasteiger partial charge in [-0.3, -0.25) is 9.78 Å². The smallest absolute Gasteiger partial charge is 0.339 e. The number of ether oxygens (including phenoxy) is 2. The zero-order valence-electron chi connectivity index (χ0n) is 11.8. The molecule has 7 nitrogen and oxygen atoms in total. The first-order valence-corrected chi connectivity index (χ1v) is 6.72. The Kier molecular flexibility index (Phi) is 5.10. The van der Waals surface area contributed by atoms with Crippen molar-refractivity contribution in [3.8, 4) is 5.75 Å². The van der Waals surface area contributed by atoms with E-state index in [1.54, 1.807) is 11.0 Å². The fourth-order valence-electron chi connectivity index (χ4n) is 2.23. The van der Waals surface area contributed by atoms with E-state index in [2.05, 4.69) is 9.72 Å². The largest absolute Gasteiger partial charge is 0.489 e. The molecule has 1 aromatic heterocycles. The first-order valence-electron chi connectivity index (χ1n) is 6.72. The summed E-state index contributed by atoms with van der Waals surface area (Å²) >= 11 is 0. The van der Waals surface area contributed by atoms with Gasteiger partial charge in [0.25, 0.3) is 0 Å². The predicted molar refractivity (Wildman–Crippen MR) is 72.9 cm³/mol. The molecule has 1 aliphatic heterocycles. The number of amides is 1. The fourth-order valence-corrected chi connectivity index (χ4v) is 2.23. The van der Waals surface area contributed by atoms with E-state index in [0.29, 0.717) is 37.2 Å². The zero-order chi connectivity index (χ0) is 15.2. The summed E-state index contributed by atoms with van der Waals surface area (Å²) in [5, 5.41) is 8.82. The number of methoxy groups -OCH3 is 1. The molecule has 0 spiro atoms. The zero-order valence-corrected chi connectivity index (χ0v) is 11.8. The van der Waals surface area contributed by atoms with Crippen LogP contribution in [0.3, 0.4) is 0 Å². The van der Waals surface area contributed by atoms with Crippen molar-refractivity contribution in [2.75, 3.05) is 26.8 Å². The van der Waals surface area contributed by atoms with Crippen molar-refractivity contribution in [3.63, 3.8) is 0 Å². The van der Waals surface area contributed by atoms with E-state index in [9.17, 15) is 9.59 Å². The Balaban J connectivity index is 1.92. The van der Waals surface area contributed by atoms with E-state index in [-0.39, 0.29) is 12.0 Å². The number of aliphatic hydroxyl groups is 1. The van der Waals surface area contributed by atoms with Crippen LogP contribution >= 0.6 is 0 Å². The van der Waals surface area contributed by atoms with Crippen LogP contribution in [0.15, 0.2) is 18.5 Å². The predicted octanol–water partition coefficient (Wildman–Crippen LogP) is 0.230. The van der Waals surface area contributed by atoms with Crippen LogP contribution in [-0.2, 0) is 9.53 Å². The van der Waals surface area contributed by atoms with E-state index in [4.69, 9.17) is 9.84 Å². The number of carbonyl (C=O) groups is 2. The number of pyridine rings is 1. The lowest BCUT2D eigenvalue weighted by Crippen LogP contribution is -2.42. The Bertz CT molecular complexity index is 512. The van der Waals surface area contributed by atoms with Gasteiger partial charge in [-0.2, -0.15) is 0 Å². The molecule has 1 saturated heterocycles. The molecule has 2 heterocycles. The quantitative estimate of drug-likeness (QED) is 0.800. The minimum atomic E-state index is -0.462. The molecule has 0 radical (unpaired) electrons. The first-order chi connectivity index (χ1) is 10.1. The van der Waals surface area contributed by atoms with Crippen LogP contribution in [0.2, 0.25) is 0 Å². The number of esters is 1. The van der Waals surface area contributed by atoms with Gasteiger partial charge in [0, 0.05) is 32.1 Å². The molecule has 114 valence electrons. The third-order valence-corrected chi connectivity index (χ3v) is 3.37. The maximum absolute atomic E-state index is 11.4. The van der Waals surface area contributed by atoms with Crippen LogP contribution in [0.5, 0.6) is 5.75 Å². The maximum atomic E-state index is 11.4. The average molecular weight is 294 g/mol. The number of rotatable bonds is 4. The van der Waals surface area contributed by atoms with E-state index >= 15 is 0 Å². The van der Waals surface area contributed by atoms with E-state index < -0.39 is 12.6 Å². The lowest BCUT2D eigenvalue weighted by molar-refractivity contribution is -0.135. The number of nitrogens with zero attached hydrogens (tertiary/aromatic N) is 2. The Hall–Kier alpha value is -2.15. The summed E-state index contributed by atoms with van der Waals surface area (Å²) in [6.07, 6.45) is 4.27. The number of carbonyl (C=O) groups excluding carboxylic acids is 2. The second kappa shape index (κ2) is 7.03. The highest BCUT2D eigenvalue weighted by Crippen LogP contribution is 2.19. The molecule has 1 aliphatic rings. The third-order valence-electron chi connectivity index (χ3n) is 3.37. The Morgan fingerprint density at radius 1 is 1.38 bits per heavy atom. The highest BCUT2D eigenvalue weighted by atomic mass is 16.5. The topological polar surface area (TPSA) is 89.0 Å². The molecule has 1 aromatic rings. The molecular weight excluding hydrogens is 276 g/mol. The molecule has 1 fully saturated rings. The van der Waals surface area contributed by atoms with Crippen LogP contribution in [-0.4, -0.2) is 59.8 Å². The van der Waals surface area contributed by atoms with Gasteiger partial charge >= 0.3 is 5.97 Å². The number of hydrogen-bond acceptors (Lipinski definition) is 6. The molecule has 0 saturated carbocycles. The van der Waals surface area contributed by atoms with Crippen LogP contribution < -0.4 is 4.74 Å². The molecule has 0 bridgehead atoms. The number of aliphatic hydroxyl groups excluding tert-OH is 1. The molecule has 1 N–H and O–H groups in total. The fraction of sp³-hybridized carbons (Fsp3) is 0.500. The molecule has 2 rings (SSSR count). The van der Waals surface area contributed by atoms with Crippen LogP contribution in [0.1, 0.15) is 23.2 Å². The minimum absolute atomic E-state index is 0.0394. The van der Waals surface area contributed by atoms with E-state index in [1.165, 1.54) is 19.5 Å². The van der Waals surface area contributed by atoms with Crippen LogP contribution in [0.4, 0.5) is 0 Å². The van der Waals surface area contributed by atoms with Gasteiger partial charge in [-0.25, -0.2) is 4.79 Å². The SMILES string of the molecule is COC(=O)c1cncc(OC2CCN(C(=O)CO)CC2)c1. The molecule has 0 atom stereocenters. The molecular formula is C14H18N2O5. The van der Waals surface area contributed by atoms with Crippen molar-refractivity contribution in [2.45, 2.75) is 18.9 Å².